The van der Waals surface area contributed by atoms with Gasteiger partial charge < -0.3 is 14.8 Å². The molecule has 6 heteroatoms. The number of hydrogen-bond donors (Lipinski definition) is 2. The number of carboxylic acid groups (broad SMARTS) is 1. The van der Waals surface area contributed by atoms with Crippen molar-refractivity contribution in [1.82, 2.24) is 4.98 Å². The Bertz CT molecular complexity index is 486. The second-order valence-corrected chi connectivity index (χ2v) is 3.60. The molecule has 0 aliphatic rings. The molecular weight excluding hydrogens is 226 g/mol. The highest BCUT2D eigenvalue weighted by atomic mass is 16.5. The number of rotatable bonds is 4. The van der Waals surface area contributed by atoms with Gasteiger partial charge in [0.1, 0.15) is 0 Å². The van der Waals surface area contributed by atoms with E-state index in [2.05, 4.69) is 9.72 Å². The first-order chi connectivity index (χ1) is 7.88. The molecule has 6 nitrogen and oxygen atoms in total. The van der Waals surface area contributed by atoms with Crippen molar-refractivity contribution in [3.8, 4) is 0 Å². The fourth-order valence-electron chi connectivity index (χ4n) is 1.67. The minimum atomic E-state index is -1.09. The number of hydrogen-bond acceptors (Lipinski definition) is 4. The van der Waals surface area contributed by atoms with Gasteiger partial charge in [-0.2, -0.15) is 0 Å². The number of ketones is 1. The van der Waals surface area contributed by atoms with Gasteiger partial charge >= 0.3 is 11.9 Å². The number of aromatic amines is 1. The maximum absolute atomic E-state index is 11.5. The number of methoxy groups -OCH3 is 1. The van der Waals surface area contributed by atoms with E-state index in [-0.39, 0.29) is 29.2 Å². The van der Waals surface area contributed by atoms with Crippen LogP contribution in [0.25, 0.3) is 0 Å². The van der Waals surface area contributed by atoms with Crippen molar-refractivity contribution in [1.29, 1.82) is 0 Å². The Kier molecular flexibility index (Phi) is 3.67. The predicted octanol–water partition coefficient (Wildman–Crippen LogP) is 0.939. The number of carbonyl (C=O) groups excluding carboxylic acids is 2. The van der Waals surface area contributed by atoms with E-state index in [0.29, 0.717) is 5.56 Å². The highest BCUT2D eigenvalue weighted by Gasteiger charge is 2.23. The average Bonchev–Trinajstić information content (AvgIpc) is 2.54. The monoisotopic (exact) mass is 239 g/mol. The second-order valence-electron chi connectivity index (χ2n) is 3.60. The van der Waals surface area contributed by atoms with Crippen molar-refractivity contribution in [3.05, 3.63) is 22.5 Å². The smallest absolute Gasteiger partial charge is 0.339 e. The van der Waals surface area contributed by atoms with Crippen LogP contribution in [0.4, 0.5) is 0 Å². The van der Waals surface area contributed by atoms with Gasteiger partial charge in [0.05, 0.1) is 24.8 Å². The minimum absolute atomic E-state index is 0.125. The topological polar surface area (TPSA) is 96.5 Å². The predicted molar refractivity (Wildman–Crippen MR) is 58.2 cm³/mol. The molecule has 1 rings (SSSR count). The van der Waals surface area contributed by atoms with Crippen LogP contribution in [0.1, 0.15) is 39.0 Å². The van der Waals surface area contributed by atoms with Crippen molar-refractivity contribution < 1.29 is 24.2 Å². The van der Waals surface area contributed by atoms with E-state index in [1.807, 2.05) is 0 Å². The fourth-order valence-corrected chi connectivity index (χ4v) is 1.67. The van der Waals surface area contributed by atoms with Crippen molar-refractivity contribution in [3.63, 3.8) is 0 Å². The molecule has 1 aromatic heterocycles. The summed E-state index contributed by atoms with van der Waals surface area (Å²) in [6, 6.07) is 0. The largest absolute Gasteiger partial charge is 0.481 e. The van der Waals surface area contributed by atoms with Gasteiger partial charge in [0.15, 0.2) is 5.78 Å². The van der Waals surface area contributed by atoms with Crippen LogP contribution < -0.4 is 0 Å². The van der Waals surface area contributed by atoms with E-state index in [0.717, 1.165) is 0 Å². The van der Waals surface area contributed by atoms with Crippen LogP contribution in [-0.4, -0.2) is 34.9 Å². The summed E-state index contributed by atoms with van der Waals surface area (Å²) in [5.41, 5.74) is 0.967. The van der Waals surface area contributed by atoms with Crippen LogP contribution in [0.5, 0.6) is 0 Å². The molecule has 0 aromatic carbocycles. The van der Waals surface area contributed by atoms with E-state index < -0.39 is 11.9 Å². The van der Waals surface area contributed by atoms with Crippen molar-refractivity contribution >= 4 is 17.7 Å². The minimum Gasteiger partial charge on any atom is -0.481 e. The third-order valence-corrected chi connectivity index (χ3v) is 2.40. The van der Waals surface area contributed by atoms with Gasteiger partial charge in [-0.3, -0.25) is 9.59 Å². The van der Waals surface area contributed by atoms with Crippen molar-refractivity contribution in [2.45, 2.75) is 20.3 Å². The number of esters is 1. The average molecular weight is 239 g/mol. The molecule has 92 valence electrons. The van der Waals surface area contributed by atoms with E-state index >= 15 is 0 Å². The summed E-state index contributed by atoms with van der Waals surface area (Å²) in [7, 11) is 1.20. The molecule has 1 heterocycles. The molecule has 0 spiro atoms. The molecule has 0 radical (unpaired) electrons. The van der Waals surface area contributed by atoms with Crippen LogP contribution in [0.2, 0.25) is 0 Å². The molecule has 0 bridgehead atoms. The van der Waals surface area contributed by atoms with E-state index in [1.165, 1.54) is 14.0 Å². The van der Waals surface area contributed by atoms with Crippen molar-refractivity contribution in [2.24, 2.45) is 0 Å². The van der Waals surface area contributed by atoms with Gasteiger partial charge in [0, 0.05) is 12.6 Å². The SMILES string of the molecule is COC(=O)c1c(CC(=O)O)[nH]c(C(C)=O)c1C. The molecule has 0 saturated carbocycles. The molecule has 0 amide bonds. The van der Waals surface area contributed by atoms with Crippen LogP contribution >= 0.6 is 0 Å². The molecule has 0 aliphatic carbocycles. The van der Waals surface area contributed by atoms with Gasteiger partial charge in [0.2, 0.25) is 0 Å². The number of carboxylic acids is 1. The maximum atomic E-state index is 11.5. The lowest BCUT2D eigenvalue weighted by molar-refractivity contribution is -0.136. The lowest BCUT2D eigenvalue weighted by Crippen LogP contribution is -2.09. The normalized spacial score (nSPS) is 10.1. The first kappa shape index (κ1) is 13.0. The zero-order valence-corrected chi connectivity index (χ0v) is 9.79. The number of Topliss-reactive ketones (excluding diaryl/α,β-unsaturated/α-hetero) is 1. The van der Waals surface area contributed by atoms with Crippen LogP contribution in [-0.2, 0) is 16.0 Å². The standard InChI is InChI=1S/C11H13NO5/c1-5-9(11(16)17-3)7(4-8(14)15)12-10(5)6(2)13/h12H,4H2,1-3H3,(H,14,15). The van der Waals surface area contributed by atoms with E-state index in [4.69, 9.17) is 5.11 Å². The third-order valence-electron chi connectivity index (χ3n) is 2.40. The first-order valence-electron chi connectivity index (χ1n) is 4.91. The Morgan fingerprint density at radius 2 is 1.94 bits per heavy atom. The van der Waals surface area contributed by atoms with Gasteiger partial charge in [-0.25, -0.2) is 4.79 Å². The number of aromatic nitrogens is 1. The maximum Gasteiger partial charge on any atom is 0.339 e. The number of H-pyrrole nitrogens is 1. The van der Waals surface area contributed by atoms with E-state index in [9.17, 15) is 14.4 Å². The first-order valence-corrected chi connectivity index (χ1v) is 4.91. The lowest BCUT2D eigenvalue weighted by atomic mass is 10.1. The van der Waals surface area contributed by atoms with Gasteiger partial charge in [-0.1, -0.05) is 0 Å². The number of carbonyl (C=O) groups is 3. The Morgan fingerprint density at radius 1 is 1.35 bits per heavy atom. The molecule has 0 unspecified atom stereocenters. The molecule has 1 aromatic rings. The molecule has 0 aliphatic heterocycles. The molecule has 17 heavy (non-hydrogen) atoms. The number of ether oxygens (including phenoxy) is 1. The number of aliphatic carboxylic acids is 1. The highest BCUT2D eigenvalue weighted by molar-refractivity contribution is 6.01. The van der Waals surface area contributed by atoms with Crippen LogP contribution in [0.15, 0.2) is 0 Å². The summed E-state index contributed by atoms with van der Waals surface area (Å²) in [5.74, 6) is -2.00. The zero-order valence-electron chi connectivity index (χ0n) is 9.79. The second kappa shape index (κ2) is 4.82. The fraction of sp³-hybridized carbons (Fsp3) is 0.364. The Morgan fingerprint density at radius 3 is 2.35 bits per heavy atom. The Balaban J connectivity index is 3.36. The summed E-state index contributed by atoms with van der Waals surface area (Å²) >= 11 is 0. The van der Waals surface area contributed by atoms with Gasteiger partial charge in [-0.05, 0) is 12.5 Å². The van der Waals surface area contributed by atoms with Crippen molar-refractivity contribution in [2.75, 3.05) is 7.11 Å². The molecule has 0 saturated heterocycles. The third kappa shape index (κ3) is 2.52. The lowest BCUT2D eigenvalue weighted by Gasteiger charge is -2.01. The summed E-state index contributed by atoms with van der Waals surface area (Å²) in [6.07, 6.45) is -0.363. The van der Waals surface area contributed by atoms with Gasteiger partial charge in [0.25, 0.3) is 0 Å². The Labute approximate surface area is 97.6 Å². The quantitative estimate of drug-likeness (QED) is 0.602. The summed E-state index contributed by atoms with van der Waals surface area (Å²) in [6.45, 7) is 2.91. The summed E-state index contributed by atoms with van der Waals surface area (Å²) in [5, 5.41) is 8.73. The highest BCUT2D eigenvalue weighted by Crippen LogP contribution is 2.20. The molecule has 0 fully saturated rings. The Hall–Kier alpha value is -2.11. The zero-order chi connectivity index (χ0) is 13.2. The molecule has 2 N–H and O–H groups in total. The molecular formula is C11H13NO5. The van der Waals surface area contributed by atoms with Gasteiger partial charge in [-0.15, -0.1) is 0 Å². The van der Waals surface area contributed by atoms with Crippen LogP contribution in [0, 0.1) is 6.92 Å². The van der Waals surface area contributed by atoms with Crippen LogP contribution in [0.3, 0.4) is 0 Å². The van der Waals surface area contributed by atoms with E-state index in [1.54, 1.807) is 6.92 Å². The summed E-state index contributed by atoms with van der Waals surface area (Å²) < 4.78 is 4.57. The molecule has 0 atom stereocenters. The number of nitrogens with one attached hydrogen (secondary N) is 1. The summed E-state index contributed by atoms with van der Waals surface area (Å²) in [4.78, 5) is 36.2.